The molecule has 0 aromatic heterocycles. The van der Waals surface area contributed by atoms with E-state index in [9.17, 15) is 4.39 Å². The highest BCUT2D eigenvalue weighted by molar-refractivity contribution is 6.31. The summed E-state index contributed by atoms with van der Waals surface area (Å²) in [7, 11) is 0. The maximum absolute atomic E-state index is 14.0. The molecule has 1 aromatic carbocycles. The Morgan fingerprint density at radius 2 is 2.20 bits per heavy atom. The molecule has 2 rings (SSSR count). The van der Waals surface area contributed by atoms with Gasteiger partial charge in [-0.05, 0) is 49.8 Å². The second-order valence-corrected chi connectivity index (χ2v) is 6.44. The third-order valence-electron chi connectivity index (χ3n) is 4.59. The zero-order chi connectivity index (χ0) is 14.5. The molecule has 0 bridgehead atoms. The standard InChI is InChI=1S/C17H25ClFN/c1-3-10-20-17(13-7-4-6-12(13)2)11-14-15(18)8-5-9-16(14)19/h5,8-9,12-13,17,20H,3-4,6-7,10-11H2,1-2H3. The van der Waals surface area contributed by atoms with Gasteiger partial charge in [0, 0.05) is 16.6 Å². The fraction of sp³-hybridized carbons (Fsp3) is 0.647. The van der Waals surface area contributed by atoms with Crippen molar-refractivity contribution < 1.29 is 4.39 Å². The highest BCUT2D eigenvalue weighted by atomic mass is 35.5. The van der Waals surface area contributed by atoms with Crippen LogP contribution in [0.1, 0.15) is 45.1 Å². The molecule has 1 saturated carbocycles. The van der Waals surface area contributed by atoms with Gasteiger partial charge < -0.3 is 5.32 Å². The Kier molecular flexibility index (Phi) is 5.86. The number of rotatable bonds is 6. The summed E-state index contributed by atoms with van der Waals surface area (Å²) < 4.78 is 14.0. The van der Waals surface area contributed by atoms with Crippen molar-refractivity contribution in [1.82, 2.24) is 5.32 Å². The summed E-state index contributed by atoms with van der Waals surface area (Å²) >= 11 is 6.18. The Bertz CT molecular complexity index is 415. The molecule has 0 heterocycles. The highest BCUT2D eigenvalue weighted by Crippen LogP contribution is 2.35. The first-order valence-corrected chi connectivity index (χ1v) is 8.17. The molecule has 0 amide bonds. The molecule has 0 saturated heterocycles. The van der Waals surface area contributed by atoms with Gasteiger partial charge in [0.2, 0.25) is 0 Å². The molecule has 112 valence electrons. The van der Waals surface area contributed by atoms with Crippen LogP contribution < -0.4 is 5.32 Å². The summed E-state index contributed by atoms with van der Waals surface area (Å²) in [5.74, 6) is 1.18. The van der Waals surface area contributed by atoms with Crippen molar-refractivity contribution >= 4 is 11.6 Å². The van der Waals surface area contributed by atoms with Gasteiger partial charge in [-0.1, -0.05) is 44.4 Å². The van der Waals surface area contributed by atoms with Crippen LogP contribution in [-0.4, -0.2) is 12.6 Å². The Labute approximate surface area is 126 Å². The van der Waals surface area contributed by atoms with Crippen LogP contribution in [0, 0.1) is 17.7 Å². The lowest BCUT2D eigenvalue weighted by Crippen LogP contribution is -2.40. The lowest BCUT2D eigenvalue weighted by atomic mass is 9.86. The topological polar surface area (TPSA) is 12.0 Å². The van der Waals surface area contributed by atoms with Gasteiger partial charge in [0.05, 0.1) is 0 Å². The van der Waals surface area contributed by atoms with E-state index in [1.807, 2.05) is 0 Å². The van der Waals surface area contributed by atoms with Crippen LogP contribution in [0.15, 0.2) is 18.2 Å². The van der Waals surface area contributed by atoms with E-state index in [4.69, 9.17) is 11.6 Å². The van der Waals surface area contributed by atoms with E-state index in [1.165, 1.54) is 25.3 Å². The molecular weight excluding hydrogens is 273 g/mol. The van der Waals surface area contributed by atoms with E-state index in [0.717, 1.165) is 18.9 Å². The van der Waals surface area contributed by atoms with E-state index in [1.54, 1.807) is 12.1 Å². The molecule has 1 N–H and O–H groups in total. The normalized spacial score (nSPS) is 24.0. The van der Waals surface area contributed by atoms with Gasteiger partial charge in [0.25, 0.3) is 0 Å². The summed E-state index contributed by atoms with van der Waals surface area (Å²) in [6, 6.07) is 5.31. The maximum Gasteiger partial charge on any atom is 0.127 e. The van der Waals surface area contributed by atoms with Crippen LogP contribution in [0.2, 0.25) is 5.02 Å². The summed E-state index contributed by atoms with van der Waals surface area (Å²) in [5, 5.41) is 4.17. The summed E-state index contributed by atoms with van der Waals surface area (Å²) in [6.07, 6.45) is 5.62. The Balaban J connectivity index is 2.14. The lowest BCUT2D eigenvalue weighted by molar-refractivity contribution is 0.293. The Morgan fingerprint density at radius 1 is 1.40 bits per heavy atom. The van der Waals surface area contributed by atoms with Gasteiger partial charge in [-0.25, -0.2) is 4.39 Å². The van der Waals surface area contributed by atoms with Crippen LogP contribution in [0.4, 0.5) is 4.39 Å². The van der Waals surface area contributed by atoms with Gasteiger partial charge in [0.1, 0.15) is 5.82 Å². The molecular formula is C17H25ClFN. The summed E-state index contributed by atoms with van der Waals surface area (Å²) in [6.45, 7) is 5.47. The fourth-order valence-electron chi connectivity index (χ4n) is 3.42. The van der Waals surface area contributed by atoms with Crippen LogP contribution >= 0.6 is 11.6 Å². The number of benzene rings is 1. The zero-order valence-electron chi connectivity index (χ0n) is 12.5. The minimum absolute atomic E-state index is 0.175. The molecule has 0 radical (unpaired) electrons. The molecule has 20 heavy (non-hydrogen) atoms. The van der Waals surface area contributed by atoms with Gasteiger partial charge in [-0.15, -0.1) is 0 Å². The Morgan fingerprint density at radius 3 is 2.80 bits per heavy atom. The van der Waals surface area contributed by atoms with Crippen molar-refractivity contribution in [2.75, 3.05) is 6.54 Å². The number of halogens is 2. The van der Waals surface area contributed by atoms with Crippen molar-refractivity contribution in [2.45, 2.75) is 52.0 Å². The first-order chi connectivity index (χ1) is 9.63. The molecule has 0 aliphatic heterocycles. The third kappa shape index (κ3) is 3.73. The van der Waals surface area contributed by atoms with Crippen molar-refractivity contribution in [3.63, 3.8) is 0 Å². The molecule has 0 spiro atoms. The molecule has 3 atom stereocenters. The van der Waals surface area contributed by atoms with Gasteiger partial charge in [-0.2, -0.15) is 0 Å². The lowest BCUT2D eigenvalue weighted by Gasteiger charge is -2.28. The largest absolute Gasteiger partial charge is 0.313 e. The van der Waals surface area contributed by atoms with Crippen molar-refractivity contribution in [2.24, 2.45) is 11.8 Å². The smallest absolute Gasteiger partial charge is 0.127 e. The van der Waals surface area contributed by atoms with Crippen LogP contribution in [-0.2, 0) is 6.42 Å². The molecule has 1 fully saturated rings. The van der Waals surface area contributed by atoms with E-state index < -0.39 is 0 Å². The average molecular weight is 298 g/mol. The van der Waals surface area contributed by atoms with Crippen molar-refractivity contribution in [1.29, 1.82) is 0 Å². The molecule has 1 aromatic rings. The molecule has 1 aliphatic rings. The van der Waals surface area contributed by atoms with Crippen LogP contribution in [0.25, 0.3) is 0 Å². The van der Waals surface area contributed by atoms with Gasteiger partial charge in [-0.3, -0.25) is 0 Å². The monoisotopic (exact) mass is 297 g/mol. The van der Waals surface area contributed by atoms with Crippen LogP contribution in [0.3, 0.4) is 0 Å². The number of nitrogens with one attached hydrogen (secondary N) is 1. The van der Waals surface area contributed by atoms with E-state index in [0.29, 0.717) is 29.0 Å². The zero-order valence-corrected chi connectivity index (χ0v) is 13.2. The minimum atomic E-state index is -0.175. The van der Waals surface area contributed by atoms with E-state index in [-0.39, 0.29) is 5.82 Å². The molecule has 3 unspecified atom stereocenters. The molecule has 3 heteroatoms. The van der Waals surface area contributed by atoms with Crippen LogP contribution in [0.5, 0.6) is 0 Å². The summed E-state index contributed by atoms with van der Waals surface area (Å²) in [5.41, 5.74) is 0.668. The van der Waals surface area contributed by atoms with Crippen molar-refractivity contribution in [3.8, 4) is 0 Å². The van der Waals surface area contributed by atoms with Gasteiger partial charge in [0.15, 0.2) is 0 Å². The predicted octanol–water partition coefficient (Wildman–Crippen LogP) is 4.83. The maximum atomic E-state index is 14.0. The van der Waals surface area contributed by atoms with E-state index in [2.05, 4.69) is 19.2 Å². The van der Waals surface area contributed by atoms with E-state index >= 15 is 0 Å². The Hall–Kier alpha value is -0.600. The first-order valence-electron chi connectivity index (χ1n) is 7.79. The molecule has 1 aliphatic carbocycles. The molecule has 1 nitrogen and oxygen atoms in total. The van der Waals surface area contributed by atoms with Gasteiger partial charge >= 0.3 is 0 Å². The third-order valence-corrected chi connectivity index (χ3v) is 4.94. The SMILES string of the molecule is CCCNC(Cc1c(F)cccc1Cl)C1CCCC1C. The average Bonchev–Trinajstić information content (AvgIpc) is 2.84. The minimum Gasteiger partial charge on any atom is -0.313 e. The van der Waals surface area contributed by atoms with Crippen molar-refractivity contribution in [3.05, 3.63) is 34.6 Å². The summed E-state index contributed by atoms with van der Waals surface area (Å²) in [4.78, 5) is 0. The number of hydrogen-bond donors (Lipinski definition) is 1. The predicted molar refractivity (Wildman–Crippen MR) is 83.7 cm³/mol. The second kappa shape index (κ2) is 7.42. The highest BCUT2D eigenvalue weighted by Gasteiger charge is 2.31. The first kappa shape index (κ1) is 15.8. The quantitative estimate of drug-likeness (QED) is 0.793. The number of hydrogen-bond acceptors (Lipinski definition) is 1. The second-order valence-electron chi connectivity index (χ2n) is 6.04. The fourth-order valence-corrected chi connectivity index (χ4v) is 3.66.